The van der Waals surface area contributed by atoms with Crippen molar-refractivity contribution in [1.82, 2.24) is 20.1 Å². The van der Waals surface area contributed by atoms with Crippen molar-refractivity contribution in [3.05, 3.63) is 87.6 Å². The molecule has 0 aliphatic carbocycles. The van der Waals surface area contributed by atoms with Crippen LogP contribution in [0.3, 0.4) is 0 Å². The summed E-state index contributed by atoms with van der Waals surface area (Å²) in [6.45, 7) is 1.10. The normalized spacial score (nSPS) is 10.4. The Bertz CT molecular complexity index is 961. The van der Waals surface area contributed by atoms with E-state index in [-0.39, 0.29) is 16.5 Å². The first-order valence-corrected chi connectivity index (χ1v) is 8.74. The van der Waals surface area contributed by atoms with Crippen molar-refractivity contribution >= 4 is 23.2 Å². The molecule has 1 amide bonds. The van der Waals surface area contributed by atoms with Gasteiger partial charge in [-0.3, -0.25) is 14.6 Å². The molecule has 0 unspecified atom stereocenters. The Hall–Kier alpha value is -3.19. The number of aromatic nitrogens is 3. The first-order chi connectivity index (χ1) is 13.1. The summed E-state index contributed by atoms with van der Waals surface area (Å²) in [6.07, 6.45) is 4.61. The van der Waals surface area contributed by atoms with Crippen molar-refractivity contribution < 1.29 is 4.79 Å². The van der Waals surface area contributed by atoms with Crippen LogP contribution in [-0.4, -0.2) is 33.8 Å². The lowest BCUT2D eigenvalue weighted by Gasteiger charge is -2.11. The molecule has 0 atom stereocenters. The predicted molar refractivity (Wildman–Crippen MR) is 104 cm³/mol. The van der Waals surface area contributed by atoms with E-state index in [2.05, 4.69) is 20.7 Å². The Morgan fingerprint density at radius 1 is 1.07 bits per heavy atom. The van der Waals surface area contributed by atoms with Gasteiger partial charge in [0.05, 0.1) is 24.0 Å². The van der Waals surface area contributed by atoms with E-state index >= 15 is 0 Å². The van der Waals surface area contributed by atoms with Crippen molar-refractivity contribution in [2.45, 2.75) is 6.54 Å². The van der Waals surface area contributed by atoms with E-state index in [1.54, 1.807) is 18.3 Å². The van der Waals surface area contributed by atoms with Crippen LogP contribution in [0.2, 0.25) is 5.02 Å². The topological polar surface area (TPSA) is 88.9 Å². The van der Waals surface area contributed by atoms with Crippen molar-refractivity contribution in [3.63, 3.8) is 0 Å². The van der Waals surface area contributed by atoms with Crippen LogP contribution >= 0.6 is 11.6 Å². The molecule has 0 saturated heterocycles. The Labute approximate surface area is 161 Å². The lowest BCUT2D eigenvalue weighted by atomic mass is 10.2. The molecule has 7 nitrogen and oxygen atoms in total. The Balaban J connectivity index is 1.55. The largest absolute Gasteiger partial charge is 0.381 e. The lowest BCUT2D eigenvalue weighted by Crippen LogP contribution is -2.30. The molecule has 0 aliphatic rings. The first kappa shape index (κ1) is 18.6. The Morgan fingerprint density at radius 3 is 2.63 bits per heavy atom. The SMILES string of the molecule is O=C(NCCNc1cnn(Cc2ccccc2)c(=O)c1Cl)c1cccnc1. The second-order valence-corrected chi connectivity index (χ2v) is 6.12. The molecule has 1 aromatic carbocycles. The van der Waals surface area contributed by atoms with Crippen LogP contribution in [0.5, 0.6) is 0 Å². The molecule has 2 N–H and O–H groups in total. The van der Waals surface area contributed by atoms with Gasteiger partial charge in [-0.05, 0) is 17.7 Å². The summed E-state index contributed by atoms with van der Waals surface area (Å²) in [5.74, 6) is -0.215. The number of carbonyl (C=O) groups excluding carboxylic acids is 1. The van der Waals surface area contributed by atoms with Crippen LogP contribution in [-0.2, 0) is 6.54 Å². The van der Waals surface area contributed by atoms with E-state index in [0.29, 0.717) is 30.9 Å². The molecule has 0 spiro atoms. The highest BCUT2D eigenvalue weighted by Crippen LogP contribution is 2.15. The molecule has 0 radical (unpaired) electrons. The van der Waals surface area contributed by atoms with Crippen LogP contribution < -0.4 is 16.2 Å². The maximum Gasteiger partial charge on any atom is 0.287 e. The molecular weight excluding hydrogens is 366 g/mol. The maximum atomic E-state index is 12.4. The lowest BCUT2D eigenvalue weighted by molar-refractivity contribution is 0.0955. The minimum atomic E-state index is -0.370. The minimum Gasteiger partial charge on any atom is -0.381 e. The molecule has 3 rings (SSSR count). The number of halogens is 1. The maximum absolute atomic E-state index is 12.4. The third-order valence-electron chi connectivity index (χ3n) is 3.81. The zero-order valence-electron chi connectivity index (χ0n) is 14.4. The van der Waals surface area contributed by atoms with Crippen LogP contribution in [0.4, 0.5) is 5.69 Å². The molecule has 2 aromatic heterocycles. The third-order valence-corrected chi connectivity index (χ3v) is 4.18. The van der Waals surface area contributed by atoms with Gasteiger partial charge in [-0.25, -0.2) is 4.68 Å². The van der Waals surface area contributed by atoms with Crippen molar-refractivity contribution in [1.29, 1.82) is 0 Å². The summed E-state index contributed by atoms with van der Waals surface area (Å²) in [7, 11) is 0. The number of carbonyl (C=O) groups is 1. The summed E-state index contributed by atoms with van der Waals surface area (Å²) in [5, 5.41) is 10.00. The number of amides is 1. The molecular formula is C19H18ClN5O2. The van der Waals surface area contributed by atoms with Crippen LogP contribution in [0.1, 0.15) is 15.9 Å². The minimum absolute atomic E-state index is 0.0690. The monoisotopic (exact) mass is 383 g/mol. The average Bonchev–Trinajstić information content (AvgIpc) is 2.71. The number of hydrogen-bond donors (Lipinski definition) is 2. The van der Waals surface area contributed by atoms with Gasteiger partial charge in [-0.15, -0.1) is 0 Å². The number of nitrogens with zero attached hydrogens (tertiary/aromatic N) is 3. The molecule has 0 saturated carbocycles. The average molecular weight is 384 g/mol. The van der Waals surface area contributed by atoms with E-state index in [1.165, 1.54) is 17.1 Å². The van der Waals surface area contributed by atoms with E-state index in [4.69, 9.17) is 11.6 Å². The zero-order chi connectivity index (χ0) is 19.1. The van der Waals surface area contributed by atoms with Gasteiger partial charge in [-0.1, -0.05) is 41.9 Å². The smallest absolute Gasteiger partial charge is 0.287 e. The van der Waals surface area contributed by atoms with Crippen LogP contribution in [0, 0.1) is 0 Å². The fourth-order valence-electron chi connectivity index (χ4n) is 2.43. The molecule has 2 heterocycles. The summed E-state index contributed by atoms with van der Waals surface area (Å²) >= 11 is 6.17. The van der Waals surface area contributed by atoms with Gasteiger partial charge in [0.2, 0.25) is 0 Å². The number of hydrogen-bond acceptors (Lipinski definition) is 5. The summed E-state index contributed by atoms with van der Waals surface area (Å²) in [5.41, 5.74) is 1.51. The van der Waals surface area contributed by atoms with E-state index in [0.717, 1.165) is 5.56 Å². The summed E-state index contributed by atoms with van der Waals surface area (Å²) in [6, 6.07) is 12.9. The molecule has 0 bridgehead atoms. The van der Waals surface area contributed by atoms with Crippen LogP contribution in [0.15, 0.2) is 65.8 Å². The third kappa shape index (κ3) is 4.92. The fraction of sp³-hybridized carbons (Fsp3) is 0.158. The predicted octanol–water partition coefficient (Wildman–Crippen LogP) is 2.18. The molecule has 8 heteroatoms. The van der Waals surface area contributed by atoms with Gasteiger partial charge in [-0.2, -0.15) is 5.10 Å². The summed E-state index contributed by atoms with van der Waals surface area (Å²) in [4.78, 5) is 28.2. The number of anilines is 1. The van der Waals surface area contributed by atoms with Gasteiger partial charge in [0, 0.05) is 25.5 Å². The van der Waals surface area contributed by atoms with Crippen molar-refractivity contribution in [2.75, 3.05) is 18.4 Å². The standard InChI is InChI=1S/C19H18ClN5O2/c20-17-16(22-9-10-23-18(26)15-7-4-8-21-11-15)12-24-25(19(17)27)13-14-5-2-1-3-6-14/h1-8,11-12,22H,9-10,13H2,(H,23,26). The summed E-state index contributed by atoms with van der Waals surface area (Å²) < 4.78 is 1.31. The second-order valence-electron chi connectivity index (χ2n) is 5.75. The number of benzene rings is 1. The molecule has 0 aliphatic heterocycles. The Morgan fingerprint density at radius 2 is 1.89 bits per heavy atom. The van der Waals surface area contributed by atoms with Crippen molar-refractivity contribution in [3.8, 4) is 0 Å². The number of rotatable bonds is 7. The van der Waals surface area contributed by atoms with E-state index < -0.39 is 0 Å². The fourth-order valence-corrected chi connectivity index (χ4v) is 2.64. The van der Waals surface area contributed by atoms with E-state index in [9.17, 15) is 9.59 Å². The quantitative estimate of drug-likeness (QED) is 0.610. The highest BCUT2D eigenvalue weighted by Gasteiger charge is 2.10. The first-order valence-electron chi connectivity index (χ1n) is 8.37. The van der Waals surface area contributed by atoms with Crippen molar-refractivity contribution in [2.24, 2.45) is 0 Å². The van der Waals surface area contributed by atoms with Gasteiger partial charge in [0.25, 0.3) is 11.5 Å². The van der Waals surface area contributed by atoms with Gasteiger partial charge in [0.15, 0.2) is 0 Å². The highest BCUT2D eigenvalue weighted by molar-refractivity contribution is 6.32. The van der Waals surface area contributed by atoms with E-state index in [1.807, 2.05) is 30.3 Å². The van der Waals surface area contributed by atoms with Gasteiger partial charge in [0.1, 0.15) is 5.02 Å². The second kappa shape index (κ2) is 8.95. The molecule has 27 heavy (non-hydrogen) atoms. The van der Waals surface area contributed by atoms with Gasteiger partial charge >= 0.3 is 0 Å². The number of nitrogens with one attached hydrogen (secondary N) is 2. The van der Waals surface area contributed by atoms with Crippen LogP contribution in [0.25, 0.3) is 0 Å². The molecule has 0 fully saturated rings. The van der Waals surface area contributed by atoms with Gasteiger partial charge < -0.3 is 10.6 Å². The molecule has 138 valence electrons. The zero-order valence-corrected chi connectivity index (χ0v) is 15.2. The number of pyridine rings is 1. The molecule has 3 aromatic rings. The highest BCUT2D eigenvalue weighted by atomic mass is 35.5. The Kier molecular flexibility index (Phi) is 6.17.